The van der Waals surface area contributed by atoms with Gasteiger partial charge < -0.3 is 15.8 Å². The zero-order valence-electron chi connectivity index (χ0n) is 6.93. The molecule has 0 rings (SSSR count). The maximum Gasteiger partial charge on any atom is 0.163 e. The number of hydrogen-bond acceptors (Lipinski definition) is 2. The molecule has 0 aliphatic heterocycles. The number of rotatable bonds is 6. The van der Waals surface area contributed by atoms with E-state index >= 15 is 0 Å². The fourth-order valence-corrected chi connectivity index (χ4v) is 0.734. The third-order valence-corrected chi connectivity index (χ3v) is 1.26. The number of hydrogen-bond donors (Lipinski definition) is 2. The Hall–Kier alpha value is -0.350. The standard InChI is InChI=1S/C7H16N2OS/c1-2-5-10-6-3-4-9-7(8)11/h2-6H2,1H3,(H3,8,9,11). The summed E-state index contributed by atoms with van der Waals surface area (Å²) >= 11 is 4.62. The molecular weight excluding hydrogens is 160 g/mol. The Morgan fingerprint density at radius 3 is 2.82 bits per heavy atom. The van der Waals surface area contributed by atoms with Crippen molar-refractivity contribution in [3.05, 3.63) is 0 Å². The molecule has 0 unspecified atom stereocenters. The third kappa shape index (κ3) is 9.65. The molecule has 0 radical (unpaired) electrons. The van der Waals surface area contributed by atoms with Gasteiger partial charge in [-0.2, -0.15) is 0 Å². The van der Waals surface area contributed by atoms with E-state index in [9.17, 15) is 0 Å². The molecule has 0 saturated carbocycles. The lowest BCUT2D eigenvalue weighted by atomic mass is 10.4. The highest BCUT2D eigenvalue weighted by molar-refractivity contribution is 7.80. The highest BCUT2D eigenvalue weighted by atomic mass is 32.1. The molecule has 0 aromatic heterocycles. The van der Waals surface area contributed by atoms with Gasteiger partial charge in [0.25, 0.3) is 0 Å². The van der Waals surface area contributed by atoms with Gasteiger partial charge in [-0.05, 0) is 25.1 Å². The van der Waals surface area contributed by atoms with E-state index in [0.717, 1.165) is 32.6 Å². The molecule has 0 aromatic carbocycles. The first-order valence-electron chi connectivity index (χ1n) is 3.88. The molecule has 0 aromatic rings. The first kappa shape index (κ1) is 10.7. The number of nitrogens with two attached hydrogens (primary N) is 1. The van der Waals surface area contributed by atoms with Gasteiger partial charge in [-0.1, -0.05) is 6.92 Å². The molecule has 0 amide bonds. The van der Waals surface area contributed by atoms with E-state index in [2.05, 4.69) is 24.5 Å². The van der Waals surface area contributed by atoms with Crippen LogP contribution in [0.4, 0.5) is 0 Å². The Morgan fingerprint density at radius 1 is 1.55 bits per heavy atom. The predicted octanol–water partition coefficient (Wildman–Crippen LogP) is 0.636. The van der Waals surface area contributed by atoms with Crippen molar-refractivity contribution in [2.45, 2.75) is 19.8 Å². The van der Waals surface area contributed by atoms with Crippen LogP contribution in [-0.4, -0.2) is 24.9 Å². The van der Waals surface area contributed by atoms with Crippen molar-refractivity contribution < 1.29 is 4.74 Å². The lowest BCUT2D eigenvalue weighted by Crippen LogP contribution is -2.30. The van der Waals surface area contributed by atoms with E-state index < -0.39 is 0 Å². The zero-order chi connectivity index (χ0) is 8.53. The van der Waals surface area contributed by atoms with Gasteiger partial charge in [0, 0.05) is 19.8 Å². The predicted molar refractivity (Wildman–Crippen MR) is 50.5 cm³/mol. The molecule has 66 valence electrons. The lowest BCUT2D eigenvalue weighted by Gasteiger charge is -2.03. The van der Waals surface area contributed by atoms with Crippen LogP contribution in [-0.2, 0) is 4.74 Å². The van der Waals surface area contributed by atoms with Crippen molar-refractivity contribution in [2.75, 3.05) is 19.8 Å². The topological polar surface area (TPSA) is 47.3 Å². The summed E-state index contributed by atoms with van der Waals surface area (Å²) in [6, 6.07) is 0. The summed E-state index contributed by atoms with van der Waals surface area (Å²) in [5.74, 6) is 0. The summed E-state index contributed by atoms with van der Waals surface area (Å²) in [7, 11) is 0. The molecule has 0 saturated heterocycles. The molecule has 0 spiro atoms. The molecule has 0 aliphatic rings. The van der Waals surface area contributed by atoms with Crippen molar-refractivity contribution >= 4 is 17.3 Å². The average molecular weight is 176 g/mol. The minimum Gasteiger partial charge on any atom is -0.381 e. The Morgan fingerprint density at radius 2 is 2.27 bits per heavy atom. The second-order valence-electron chi connectivity index (χ2n) is 2.26. The SMILES string of the molecule is CCCOCCCNC(N)=S. The van der Waals surface area contributed by atoms with Crippen LogP contribution < -0.4 is 11.1 Å². The van der Waals surface area contributed by atoms with Crippen LogP contribution in [0.25, 0.3) is 0 Å². The molecular formula is C7H16N2OS. The van der Waals surface area contributed by atoms with Crippen molar-refractivity contribution in [3.63, 3.8) is 0 Å². The van der Waals surface area contributed by atoms with E-state index in [1.807, 2.05) is 0 Å². The maximum atomic E-state index is 5.24. The summed E-state index contributed by atoms with van der Waals surface area (Å²) in [4.78, 5) is 0. The summed E-state index contributed by atoms with van der Waals surface area (Å²) in [6.45, 7) is 4.52. The summed E-state index contributed by atoms with van der Waals surface area (Å²) < 4.78 is 5.24. The van der Waals surface area contributed by atoms with Gasteiger partial charge in [0.15, 0.2) is 5.11 Å². The van der Waals surface area contributed by atoms with Crippen molar-refractivity contribution in [1.29, 1.82) is 0 Å². The molecule has 3 nitrogen and oxygen atoms in total. The van der Waals surface area contributed by atoms with Gasteiger partial charge in [-0.3, -0.25) is 0 Å². The second kappa shape index (κ2) is 7.75. The smallest absolute Gasteiger partial charge is 0.163 e. The average Bonchev–Trinajstić information content (AvgIpc) is 1.96. The van der Waals surface area contributed by atoms with E-state index in [0.29, 0.717) is 5.11 Å². The largest absolute Gasteiger partial charge is 0.381 e. The molecule has 11 heavy (non-hydrogen) atoms. The highest BCUT2D eigenvalue weighted by Crippen LogP contribution is 1.83. The van der Waals surface area contributed by atoms with Crippen LogP contribution in [0.2, 0.25) is 0 Å². The van der Waals surface area contributed by atoms with Crippen molar-refractivity contribution in [1.82, 2.24) is 5.32 Å². The molecule has 0 heterocycles. The number of ether oxygens (including phenoxy) is 1. The second-order valence-corrected chi connectivity index (χ2v) is 2.70. The van der Waals surface area contributed by atoms with Crippen LogP contribution in [0.1, 0.15) is 19.8 Å². The van der Waals surface area contributed by atoms with Crippen LogP contribution in [0.15, 0.2) is 0 Å². The van der Waals surface area contributed by atoms with Gasteiger partial charge in [0.05, 0.1) is 0 Å². The fraction of sp³-hybridized carbons (Fsp3) is 0.857. The van der Waals surface area contributed by atoms with E-state index in [1.54, 1.807) is 0 Å². The van der Waals surface area contributed by atoms with Gasteiger partial charge in [0.1, 0.15) is 0 Å². The Labute approximate surface area is 73.3 Å². The van der Waals surface area contributed by atoms with Gasteiger partial charge in [-0.25, -0.2) is 0 Å². The Bertz CT molecular complexity index is 109. The van der Waals surface area contributed by atoms with Crippen LogP contribution >= 0.6 is 12.2 Å². The summed E-state index contributed by atoms with van der Waals surface area (Å²) in [5.41, 5.74) is 5.21. The first-order chi connectivity index (χ1) is 5.27. The third-order valence-electron chi connectivity index (χ3n) is 1.11. The van der Waals surface area contributed by atoms with Crippen molar-refractivity contribution in [2.24, 2.45) is 5.73 Å². The van der Waals surface area contributed by atoms with Gasteiger partial charge in [-0.15, -0.1) is 0 Å². The van der Waals surface area contributed by atoms with Crippen LogP contribution in [0.5, 0.6) is 0 Å². The molecule has 0 atom stereocenters. The van der Waals surface area contributed by atoms with E-state index in [4.69, 9.17) is 10.5 Å². The Kier molecular flexibility index (Phi) is 7.51. The summed E-state index contributed by atoms with van der Waals surface area (Å²) in [5, 5.41) is 3.21. The molecule has 0 bridgehead atoms. The van der Waals surface area contributed by atoms with E-state index in [-0.39, 0.29) is 0 Å². The van der Waals surface area contributed by atoms with Crippen molar-refractivity contribution in [3.8, 4) is 0 Å². The molecule has 0 aliphatic carbocycles. The molecule has 3 N–H and O–H groups in total. The summed E-state index contributed by atoms with van der Waals surface area (Å²) in [6.07, 6.45) is 2.03. The van der Waals surface area contributed by atoms with Crippen LogP contribution in [0, 0.1) is 0 Å². The lowest BCUT2D eigenvalue weighted by molar-refractivity contribution is 0.133. The van der Waals surface area contributed by atoms with Gasteiger partial charge in [0.2, 0.25) is 0 Å². The van der Waals surface area contributed by atoms with Crippen LogP contribution in [0.3, 0.4) is 0 Å². The van der Waals surface area contributed by atoms with Gasteiger partial charge >= 0.3 is 0 Å². The number of nitrogens with one attached hydrogen (secondary N) is 1. The normalized spacial score (nSPS) is 9.55. The fourth-order valence-electron chi connectivity index (χ4n) is 0.632. The zero-order valence-corrected chi connectivity index (χ0v) is 7.75. The highest BCUT2D eigenvalue weighted by Gasteiger charge is 1.88. The monoisotopic (exact) mass is 176 g/mol. The molecule has 0 fully saturated rings. The minimum absolute atomic E-state index is 0.362. The van der Waals surface area contributed by atoms with E-state index in [1.165, 1.54) is 0 Å². The quantitative estimate of drug-likeness (QED) is 0.460. The maximum absolute atomic E-state index is 5.24. The molecule has 4 heteroatoms. The minimum atomic E-state index is 0.362. The number of thiocarbonyl (C=S) groups is 1. The first-order valence-corrected chi connectivity index (χ1v) is 4.29. The Balaban J connectivity index is 2.85.